The summed E-state index contributed by atoms with van der Waals surface area (Å²) in [5.74, 6) is -1.45. The van der Waals surface area contributed by atoms with Gasteiger partial charge in [0.05, 0.1) is 12.4 Å². The number of pyridine rings is 3. The Morgan fingerprint density at radius 1 is 1.09 bits per heavy atom. The Balaban J connectivity index is 0.00000306. The maximum Gasteiger partial charge on any atom is 2.00 e. The van der Waals surface area contributed by atoms with Gasteiger partial charge in [-0.25, -0.2) is 14.0 Å². The zero-order valence-electron chi connectivity index (χ0n) is 17.4. The zero-order valence-corrected chi connectivity index (χ0v) is 19.6. The Morgan fingerprint density at radius 3 is 2.42 bits per heavy atom. The van der Waals surface area contributed by atoms with Crippen molar-refractivity contribution in [1.82, 2.24) is 19.5 Å². The van der Waals surface area contributed by atoms with Crippen LogP contribution < -0.4 is 0 Å². The van der Waals surface area contributed by atoms with Crippen LogP contribution in [0, 0.1) is 42.1 Å². The van der Waals surface area contributed by atoms with Crippen molar-refractivity contribution in [2.45, 2.75) is 19.3 Å². The third-order valence-corrected chi connectivity index (χ3v) is 4.99. The third kappa shape index (κ3) is 4.58. The van der Waals surface area contributed by atoms with Crippen LogP contribution >= 0.6 is 0 Å². The van der Waals surface area contributed by atoms with Crippen LogP contribution in [0.3, 0.4) is 0 Å². The number of rotatable bonds is 4. The van der Waals surface area contributed by atoms with Gasteiger partial charge in [-0.05, 0) is 37.2 Å². The summed E-state index contributed by atoms with van der Waals surface area (Å²) in [6.45, 7) is 11.0. The second-order valence-electron chi connectivity index (χ2n) is 7.40. The third-order valence-electron chi connectivity index (χ3n) is 4.99. The molecule has 0 aromatic carbocycles. The average molecular weight is 619 g/mol. The average Bonchev–Trinajstić information content (AvgIpc) is 3.23. The van der Waals surface area contributed by atoms with E-state index in [0.717, 1.165) is 6.07 Å². The van der Waals surface area contributed by atoms with Crippen LogP contribution in [0.15, 0.2) is 48.7 Å². The van der Waals surface area contributed by atoms with Gasteiger partial charge in [-0.2, -0.15) is 0 Å². The van der Waals surface area contributed by atoms with Gasteiger partial charge in [-0.1, -0.05) is 42.1 Å². The monoisotopic (exact) mass is 619 g/mol. The molecule has 4 heterocycles. The fourth-order valence-corrected chi connectivity index (χ4v) is 3.20. The minimum absolute atomic E-state index is 0. The van der Waals surface area contributed by atoms with E-state index in [9.17, 15) is 14.0 Å². The Morgan fingerprint density at radius 2 is 1.79 bits per heavy atom. The molecule has 0 aliphatic heterocycles. The molecule has 0 radical (unpaired) electrons. The Labute approximate surface area is 203 Å². The molecule has 0 bridgehead atoms. The summed E-state index contributed by atoms with van der Waals surface area (Å²) >= 11 is 0. The van der Waals surface area contributed by atoms with E-state index in [4.69, 9.17) is 6.57 Å². The summed E-state index contributed by atoms with van der Waals surface area (Å²) in [6, 6.07) is 16.0. The summed E-state index contributed by atoms with van der Waals surface area (Å²) in [4.78, 5) is 15.7. The van der Waals surface area contributed by atoms with E-state index in [2.05, 4.69) is 32.1 Å². The van der Waals surface area contributed by atoms with Gasteiger partial charge in [0.2, 0.25) is 0 Å². The van der Waals surface area contributed by atoms with Crippen molar-refractivity contribution in [3.8, 4) is 23.1 Å². The van der Waals surface area contributed by atoms with Crippen molar-refractivity contribution in [1.29, 1.82) is 5.26 Å². The molecule has 164 valence electrons. The standard InChI is InChI=1S/C24H14F2N6.Pt/c1-24(2,19-7-4-6-17(29-19)16-10-11-21(25)31-23(16)26)20-8-5-9-22(30-20)32-13-15(12-27)18(14-32)28-3;/h4-9,11,13H,1-2H3;/q-2;+2. The summed E-state index contributed by atoms with van der Waals surface area (Å²) < 4.78 is 28.8. The van der Waals surface area contributed by atoms with Crippen LogP contribution in [-0.4, -0.2) is 19.5 Å². The SMILES string of the molecule is [C-]#[N+]c1[c-]n(-c2cccc(C(C)(C)c3cccc(-c4[c-]cc(F)nc4F)n3)n2)cc1C#N.[Pt+2]. The fourth-order valence-electron chi connectivity index (χ4n) is 3.20. The normalized spacial score (nSPS) is 10.7. The van der Waals surface area contributed by atoms with Crippen molar-refractivity contribution >= 4 is 5.69 Å². The summed E-state index contributed by atoms with van der Waals surface area (Å²) in [5, 5.41) is 9.19. The molecule has 0 unspecified atom stereocenters. The van der Waals surface area contributed by atoms with Crippen LogP contribution in [0.2, 0.25) is 0 Å². The first kappa shape index (κ1) is 23.9. The van der Waals surface area contributed by atoms with Gasteiger partial charge in [-0.15, -0.1) is 12.3 Å². The van der Waals surface area contributed by atoms with E-state index < -0.39 is 17.3 Å². The van der Waals surface area contributed by atoms with Crippen molar-refractivity contribution in [3.05, 3.63) is 101 Å². The molecule has 4 aromatic rings. The molecule has 0 N–H and O–H groups in total. The molecule has 0 saturated carbocycles. The van der Waals surface area contributed by atoms with Crippen molar-refractivity contribution in [2.24, 2.45) is 0 Å². The number of hydrogen-bond acceptors (Lipinski definition) is 4. The molecule has 0 aliphatic rings. The number of halogens is 2. The van der Waals surface area contributed by atoms with Gasteiger partial charge in [0, 0.05) is 22.9 Å². The summed E-state index contributed by atoms with van der Waals surface area (Å²) in [6.07, 6.45) is 4.34. The summed E-state index contributed by atoms with van der Waals surface area (Å²) in [7, 11) is 0. The number of hydrogen-bond donors (Lipinski definition) is 0. The molecule has 0 spiro atoms. The minimum Gasteiger partial charge on any atom is -0.446 e. The summed E-state index contributed by atoms with van der Waals surface area (Å²) in [5.41, 5.74) is 1.16. The smallest absolute Gasteiger partial charge is 0.446 e. The zero-order chi connectivity index (χ0) is 22.9. The Bertz CT molecular complexity index is 1380. The number of nitrogens with zero attached hydrogens (tertiary/aromatic N) is 6. The van der Waals surface area contributed by atoms with Gasteiger partial charge >= 0.3 is 21.1 Å². The molecule has 0 atom stereocenters. The van der Waals surface area contributed by atoms with Crippen LogP contribution in [0.1, 0.15) is 30.8 Å². The molecule has 9 heteroatoms. The number of aromatic nitrogens is 4. The maximum atomic E-state index is 14.1. The topological polar surface area (TPSA) is 71.8 Å². The largest absolute Gasteiger partial charge is 2.00 e. The van der Waals surface area contributed by atoms with Gasteiger partial charge < -0.3 is 9.55 Å². The molecule has 4 rings (SSSR count). The Hall–Kier alpha value is -3.74. The first-order valence-corrected chi connectivity index (χ1v) is 9.45. The van der Waals surface area contributed by atoms with Gasteiger partial charge in [0.1, 0.15) is 17.6 Å². The van der Waals surface area contributed by atoms with E-state index in [-0.39, 0.29) is 43.6 Å². The molecule has 6 nitrogen and oxygen atoms in total. The first-order chi connectivity index (χ1) is 15.3. The van der Waals surface area contributed by atoms with Gasteiger partial charge in [0.25, 0.3) is 0 Å². The molecule has 0 aliphatic carbocycles. The molecule has 0 amide bonds. The predicted octanol–water partition coefficient (Wildman–Crippen LogP) is 4.95. The van der Waals surface area contributed by atoms with Crippen molar-refractivity contribution < 1.29 is 29.8 Å². The van der Waals surface area contributed by atoms with Crippen LogP contribution in [0.25, 0.3) is 21.9 Å². The fraction of sp³-hybridized carbons (Fsp3) is 0.125. The number of nitriles is 1. The molecule has 0 saturated heterocycles. The quantitative estimate of drug-likeness (QED) is 0.240. The molecule has 33 heavy (non-hydrogen) atoms. The van der Waals surface area contributed by atoms with E-state index in [1.54, 1.807) is 30.3 Å². The van der Waals surface area contributed by atoms with Gasteiger partial charge in [-0.3, -0.25) is 14.8 Å². The van der Waals surface area contributed by atoms with Crippen LogP contribution in [0.4, 0.5) is 14.5 Å². The van der Waals surface area contributed by atoms with E-state index in [0.29, 0.717) is 17.2 Å². The minimum atomic E-state index is -0.986. The van der Waals surface area contributed by atoms with Crippen molar-refractivity contribution in [3.63, 3.8) is 0 Å². The Kier molecular flexibility index (Phi) is 6.81. The van der Waals surface area contributed by atoms with E-state index >= 15 is 0 Å². The van der Waals surface area contributed by atoms with E-state index in [1.165, 1.54) is 10.8 Å². The molecular formula is C24H14F2N6Pt. The second kappa shape index (κ2) is 9.40. The first-order valence-electron chi connectivity index (χ1n) is 9.45. The van der Waals surface area contributed by atoms with Gasteiger partial charge in [0.15, 0.2) is 0 Å². The van der Waals surface area contributed by atoms with Crippen LogP contribution in [-0.2, 0) is 26.5 Å². The predicted molar refractivity (Wildman–Crippen MR) is 112 cm³/mol. The second-order valence-corrected chi connectivity index (χ2v) is 7.40. The molecule has 0 fully saturated rings. The van der Waals surface area contributed by atoms with E-state index in [1.807, 2.05) is 26.0 Å². The molecule has 4 aromatic heterocycles. The maximum absolute atomic E-state index is 14.1. The van der Waals surface area contributed by atoms with Crippen LogP contribution in [0.5, 0.6) is 0 Å². The molecular weight excluding hydrogens is 605 g/mol. The van der Waals surface area contributed by atoms with Crippen molar-refractivity contribution in [2.75, 3.05) is 0 Å².